The van der Waals surface area contributed by atoms with Gasteiger partial charge in [-0.05, 0) is 47.5 Å². The highest BCUT2D eigenvalue weighted by atomic mass is 32.2. The number of carbonyl (C=O) groups excluding carboxylic acids is 2. The summed E-state index contributed by atoms with van der Waals surface area (Å²) in [7, 11) is -3.91. The number of halogens is 3. The van der Waals surface area contributed by atoms with Crippen molar-refractivity contribution in [1.82, 2.24) is 9.62 Å². The summed E-state index contributed by atoms with van der Waals surface area (Å²) < 4.78 is 65.7. The lowest BCUT2D eigenvalue weighted by Gasteiger charge is -2.34. The molecule has 1 atom stereocenters. The van der Waals surface area contributed by atoms with Crippen molar-refractivity contribution in [1.29, 1.82) is 5.26 Å². The van der Waals surface area contributed by atoms with Gasteiger partial charge >= 0.3 is 6.18 Å². The molecule has 40 heavy (non-hydrogen) atoms. The summed E-state index contributed by atoms with van der Waals surface area (Å²) in [6.45, 7) is 0.120. The first kappa shape index (κ1) is 27.4. The number of alkyl halides is 3. The number of hydrogen-bond acceptors (Lipinski definition) is 5. The summed E-state index contributed by atoms with van der Waals surface area (Å²) in [4.78, 5) is 28.2. The van der Waals surface area contributed by atoms with Crippen LogP contribution in [0.4, 0.5) is 18.9 Å². The number of carbonyl (C=O) groups is 2. The zero-order valence-corrected chi connectivity index (χ0v) is 21.7. The maximum absolute atomic E-state index is 13.7. The molecule has 2 aliphatic rings. The molecule has 0 unspecified atom stereocenters. The fourth-order valence-electron chi connectivity index (χ4n) is 4.76. The highest BCUT2D eigenvalue weighted by Crippen LogP contribution is 2.34. The molecule has 3 aromatic rings. The summed E-state index contributed by atoms with van der Waals surface area (Å²) >= 11 is 0. The molecule has 12 heteroatoms. The van der Waals surface area contributed by atoms with Crippen LogP contribution in [0.25, 0.3) is 0 Å². The number of amides is 2. The number of nitrogens with zero attached hydrogens (tertiary/aromatic N) is 3. The van der Waals surface area contributed by atoms with Crippen molar-refractivity contribution >= 4 is 27.5 Å². The SMILES string of the molecule is N#CC1CN(S(=O)(=O)c2cccc(C(=O)N3c4ccccc4C[C@@H]3C(=O)NCc3ccc(C(F)(F)F)cc3)c2)C1. The second kappa shape index (κ2) is 10.4. The Morgan fingerprint density at radius 2 is 1.70 bits per heavy atom. The van der Waals surface area contributed by atoms with Crippen molar-refractivity contribution in [3.63, 3.8) is 0 Å². The van der Waals surface area contributed by atoms with Gasteiger partial charge < -0.3 is 5.32 Å². The van der Waals surface area contributed by atoms with Crippen LogP contribution in [-0.2, 0) is 34.0 Å². The van der Waals surface area contributed by atoms with Crippen LogP contribution in [-0.4, -0.2) is 43.7 Å². The van der Waals surface area contributed by atoms with E-state index in [1.165, 1.54) is 45.6 Å². The molecule has 2 amide bonds. The molecule has 2 aliphatic heterocycles. The molecule has 0 saturated carbocycles. The molecule has 0 aromatic heterocycles. The van der Waals surface area contributed by atoms with E-state index in [4.69, 9.17) is 5.26 Å². The highest BCUT2D eigenvalue weighted by Gasteiger charge is 2.40. The number of nitrogens with one attached hydrogen (secondary N) is 1. The van der Waals surface area contributed by atoms with Crippen LogP contribution in [0.3, 0.4) is 0 Å². The molecule has 206 valence electrons. The van der Waals surface area contributed by atoms with Gasteiger partial charge in [-0.15, -0.1) is 0 Å². The summed E-state index contributed by atoms with van der Waals surface area (Å²) in [5, 5.41) is 11.7. The van der Waals surface area contributed by atoms with E-state index in [0.29, 0.717) is 11.3 Å². The van der Waals surface area contributed by atoms with Crippen molar-refractivity contribution in [2.24, 2.45) is 5.92 Å². The van der Waals surface area contributed by atoms with E-state index in [9.17, 15) is 31.2 Å². The lowest BCUT2D eigenvalue weighted by atomic mass is 10.1. The van der Waals surface area contributed by atoms with E-state index in [0.717, 1.165) is 17.7 Å². The minimum Gasteiger partial charge on any atom is -0.350 e. The van der Waals surface area contributed by atoms with E-state index >= 15 is 0 Å². The van der Waals surface area contributed by atoms with Gasteiger partial charge in [-0.25, -0.2) is 8.42 Å². The maximum Gasteiger partial charge on any atom is 0.416 e. The third kappa shape index (κ3) is 5.17. The van der Waals surface area contributed by atoms with Gasteiger partial charge in [0.15, 0.2) is 0 Å². The van der Waals surface area contributed by atoms with Crippen molar-refractivity contribution in [2.45, 2.75) is 30.1 Å². The molecular formula is C28H23F3N4O4S. The zero-order valence-electron chi connectivity index (χ0n) is 20.9. The minimum absolute atomic E-state index is 0.0426. The van der Waals surface area contributed by atoms with Crippen LogP contribution < -0.4 is 10.2 Å². The molecule has 0 radical (unpaired) electrons. The fourth-order valence-corrected chi connectivity index (χ4v) is 6.34. The molecule has 0 aliphatic carbocycles. The molecule has 3 aromatic carbocycles. The van der Waals surface area contributed by atoms with Gasteiger partial charge in [-0.1, -0.05) is 36.4 Å². The van der Waals surface area contributed by atoms with E-state index in [-0.39, 0.29) is 42.4 Å². The van der Waals surface area contributed by atoms with Gasteiger partial charge in [0.1, 0.15) is 6.04 Å². The number of anilines is 1. The number of rotatable bonds is 6. The Bertz CT molecular complexity index is 1610. The van der Waals surface area contributed by atoms with E-state index in [1.807, 2.05) is 6.07 Å². The molecule has 8 nitrogen and oxygen atoms in total. The van der Waals surface area contributed by atoms with Crippen LogP contribution in [0.2, 0.25) is 0 Å². The van der Waals surface area contributed by atoms with E-state index in [2.05, 4.69) is 5.32 Å². The van der Waals surface area contributed by atoms with Gasteiger partial charge in [0.2, 0.25) is 15.9 Å². The Hall–Kier alpha value is -4.21. The summed E-state index contributed by atoms with van der Waals surface area (Å²) in [5.41, 5.74) is 0.981. The maximum atomic E-state index is 13.7. The number of nitriles is 1. The van der Waals surface area contributed by atoms with Crippen molar-refractivity contribution in [3.8, 4) is 6.07 Å². The molecule has 1 fully saturated rings. The standard InChI is InChI=1S/C28H23F3N4O4S/c29-28(30,31)22-10-8-18(9-11-22)15-33-26(36)25-13-20-4-1-2-7-24(20)35(25)27(37)21-5-3-6-23(12-21)40(38,39)34-16-19(14-32)17-34/h1-12,19,25H,13,15-17H2,(H,33,36)/t25-/m1/s1. The summed E-state index contributed by atoms with van der Waals surface area (Å²) in [6.07, 6.45) is -4.26. The van der Waals surface area contributed by atoms with Crippen LogP contribution in [0.1, 0.15) is 27.0 Å². The van der Waals surface area contributed by atoms with Gasteiger partial charge in [-0.3, -0.25) is 14.5 Å². The Labute approximate surface area is 228 Å². The summed E-state index contributed by atoms with van der Waals surface area (Å²) in [5.74, 6) is -1.45. The molecule has 0 spiro atoms. The highest BCUT2D eigenvalue weighted by molar-refractivity contribution is 7.89. The van der Waals surface area contributed by atoms with Crippen LogP contribution in [0.15, 0.2) is 77.7 Å². The van der Waals surface area contributed by atoms with Crippen molar-refractivity contribution in [3.05, 3.63) is 95.1 Å². The van der Waals surface area contributed by atoms with Gasteiger partial charge in [0, 0.05) is 37.3 Å². The first-order valence-electron chi connectivity index (χ1n) is 12.3. The smallest absolute Gasteiger partial charge is 0.350 e. The number of para-hydroxylation sites is 1. The lowest BCUT2D eigenvalue weighted by Crippen LogP contribution is -2.49. The fraction of sp³-hybridized carbons (Fsp3) is 0.250. The Morgan fingerprint density at radius 3 is 2.38 bits per heavy atom. The quantitative estimate of drug-likeness (QED) is 0.487. The number of hydrogen-bond donors (Lipinski definition) is 1. The molecular weight excluding hydrogens is 545 g/mol. The third-order valence-electron chi connectivity index (χ3n) is 6.99. The van der Waals surface area contributed by atoms with Gasteiger partial charge in [-0.2, -0.15) is 22.7 Å². The monoisotopic (exact) mass is 568 g/mol. The number of benzene rings is 3. The van der Waals surface area contributed by atoms with Crippen LogP contribution >= 0.6 is 0 Å². The Kier molecular flexibility index (Phi) is 7.12. The largest absolute Gasteiger partial charge is 0.416 e. The molecule has 2 heterocycles. The number of sulfonamides is 1. The first-order chi connectivity index (χ1) is 19.0. The van der Waals surface area contributed by atoms with Gasteiger partial charge in [0.25, 0.3) is 5.91 Å². The summed E-state index contributed by atoms with van der Waals surface area (Å²) in [6, 6.07) is 18.0. The third-order valence-corrected chi connectivity index (χ3v) is 8.82. The molecule has 1 N–H and O–H groups in total. The predicted molar refractivity (Wildman–Crippen MR) is 138 cm³/mol. The average Bonchev–Trinajstić information content (AvgIpc) is 3.30. The first-order valence-corrected chi connectivity index (χ1v) is 13.8. The Morgan fingerprint density at radius 1 is 1.00 bits per heavy atom. The second-order valence-electron chi connectivity index (χ2n) is 9.61. The van der Waals surface area contributed by atoms with Crippen molar-refractivity contribution in [2.75, 3.05) is 18.0 Å². The minimum atomic E-state index is -4.47. The van der Waals surface area contributed by atoms with Crippen LogP contribution in [0, 0.1) is 17.2 Å². The van der Waals surface area contributed by atoms with Crippen LogP contribution in [0.5, 0.6) is 0 Å². The predicted octanol–water partition coefficient (Wildman–Crippen LogP) is 3.74. The second-order valence-corrected chi connectivity index (χ2v) is 11.6. The number of fused-ring (bicyclic) bond motifs is 1. The Balaban J connectivity index is 1.36. The lowest BCUT2D eigenvalue weighted by molar-refractivity contribution is -0.137. The molecule has 1 saturated heterocycles. The molecule has 0 bridgehead atoms. The molecule has 5 rings (SSSR count). The van der Waals surface area contributed by atoms with Crippen molar-refractivity contribution < 1.29 is 31.2 Å². The van der Waals surface area contributed by atoms with Gasteiger partial charge in [0.05, 0.1) is 22.4 Å². The average molecular weight is 569 g/mol. The normalized spacial score (nSPS) is 17.6. The topological polar surface area (TPSA) is 111 Å². The van der Waals surface area contributed by atoms with E-state index < -0.39 is 39.6 Å². The van der Waals surface area contributed by atoms with E-state index in [1.54, 1.807) is 24.3 Å². The zero-order chi connectivity index (χ0) is 28.7.